The third-order valence-electron chi connectivity index (χ3n) is 2.58. The number of amides is 1. The minimum atomic E-state index is -1.08. The first kappa shape index (κ1) is 12.1. The van der Waals surface area contributed by atoms with Crippen LogP contribution in [0.4, 0.5) is 14.5 Å². The number of hydrogen-bond donors (Lipinski definition) is 0. The van der Waals surface area contributed by atoms with Gasteiger partial charge >= 0.3 is 0 Å². The number of anilines is 1. The first-order chi connectivity index (χ1) is 8.06. The number of ether oxygens (including phenoxy) is 1. The van der Waals surface area contributed by atoms with Gasteiger partial charge in [-0.05, 0) is 19.1 Å². The third kappa shape index (κ3) is 1.95. The number of benzene rings is 1. The predicted octanol–water partition coefficient (Wildman–Crippen LogP) is 2.32. The smallest absolute Gasteiger partial charge is 0.242 e. The van der Waals surface area contributed by atoms with Crippen LogP contribution in [0, 0.1) is 11.6 Å². The zero-order valence-electron chi connectivity index (χ0n) is 9.04. The molecule has 1 atom stereocenters. The summed E-state index contributed by atoms with van der Waals surface area (Å²) in [6, 6.07) is 2.01. The minimum absolute atomic E-state index is 0.107. The van der Waals surface area contributed by atoms with Crippen LogP contribution >= 0.6 is 11.6 Å². The normalized spacial score (nSPS) is 18.6. The summed E-state index contributed by atoms with van der Waals surface area (Å²) in [5, 5.41) is 0. The summed E-state index contributed by atoms with van der Waals surface area (Å²) in [7, 11) is 0. The second-order valence-electron chi connectivity index (χ2n) is 3.77. The molecule has 0 unspecified atom stereocenters. The van der Waals surface area contributed by atoms with Crippen LogP contribution in [0.1, 0.15) is 6.92 Å². The summed E-state index contributed by atoms with van der Waals surface area (Å²) in [6.45, 7) is 1.85. The Morgan fingerprint density at radius 2 is 2.29 bits per heavy atom. The SMILES string of the molecule is C[C@@H]1COc2c(ccc(F)c2F)N1C(=O)CCl. The molecule has 6 heteroatoms. The molecule has 0 saturated heterocycles. The number of hydrogen-bond acceptors (Lipinski definition) is 2. The maximum absolute atomic E-state index is 13.5. The molecule has 1 amide bonds. The average molecular weight is 262 g/mol. The molecule has 1 aliphatic rings. The van der Waals surface area contributed by atoms with Crippen molar-refractivity contribution in [3.8, 4) is 5.75 Å². The van der Waals surface area contributed by atoms with Gasteiger partial charge in [-0.15, -0.1) is 11.6 Å². The van der Waals surface area contributed by atoms with Crippen LogP contribution < -0.4 is 9.64 Å². The zero-order chi connectivity index (χ0) is 12.6. The van der Waals surface area contributed by atoms with Crippen LogP contribution in [-0.4, -0.2) is 24.4 Å². The maximum atomic E-state index is 13.5. The van der Waals surface area contributed by atoms with E-state index in [1.807, 2.05) is 0 Å². The molecule has 1 aromatic carbocycles. The van der Waals surface area contributed by atoms with E-state index in [2.05, 4.69) is 0 Å². The fraction of sp³-hybridized carbons (Fsp3) is 0.364. The fourth-order valence-electron chi connectivity index (χ4n) is 1.81. The van der Waals surface area contributed by atoms with Crippen molar-refractivity contribution >= 4 is 23.2 Å². The summed E-state index contributed by atoms with van der Waals surface area (Å²) < 4.78 is 31.6. The number of carbonyl (C=O) groups is 1. The first-order valence-electron chi connectivity index (χ1n) is 5.05. The van der Waals surface area contributed by atoms with E-state index in [0.717, 1.165) is 6.07 Å². The lowest BCUT2D eigenvalue weighted by Gasteiger charge is -2.34. The van der Waals surface area contributed by atoms with E-state index >= 15 is 0 Å². The number of carbonyl (C=O) groups excluding carboxylic acids is 1. The van der Waals surface area contributed by atoms with Gasteiger partial charge in [-0.1, -0.05) is 0 Å². The Kier molecular flexibility index (Phi) is 3.19. The highest BCUT2D eigenvalue weighted by Gasteiger charge is 2.31. The van der Waals surface area contributed by atoms with E-state index < -0.39 is 11.6 Å². The van der Waals surface area contributed by atoms with Gasteiger partial charge in [0.1, 0.15) is 12.5 Å². The van der Waals surface area contributed by atoms with E-state index in [0.29, 0.717) is 0 Å². The molecule has 1 aliphatic heterocycles. The van der Waals surface area contributed by atoms with Crippen molar-refractivity contribution in [1.82, 2.24) is 0 Å². The van der Waals surface area contributed by atoms with Gasteiger partial charge < -0.3 is 9.64 Å². The molecular formula is C11H10ClF2NO2. The monoisotopic (exact) mass is 261 g/mol. The largest absolute Gasteiger partial charge is 0.486 e. The van der Waals surface area contributed by atoms with Gasteiger partial charge in [-0.25, -0.2) is 4.39 Å². The first-order valence-corrected chi connectivity index (χ1v) is 5.58. The van der Waals surface area contributed by atoms with Gasteiger partial charge in [-0.3, -0.25) is 4.79 Å². The van der Waals surface area contributed by atoms with Crippen molar-refractivity contribution in [2.45, 2.75) is 13.0 Å². The highest BCUT2D eigenvalue weighted by atomic mass is 35.5. The Morgan fingerprint density at radius 3 is 2.94 bits per heavy atom. The Bertz CT molecular complexity index is 467. The predicted molar refractivity (Wildman–Crippen MR) is 59.5 cm³/mol. The van der Waals surface area contributed by atoms with Gasteiger partial charge in [0.05, 0.1) is 11.7 Å². The summed E-state index contributed by atoms with van der Waals surface area (Å²) in [4.78, 5) is 13.0. The molecule has 0 bridgehead atoms. The van der Waals surface area contributed by atoms with Gasteiger partial charge in [-0.2, -0.15) is 4.39 Å². The fourth-order valence-corrected chi connectivity index (χ4v) is 1.94. The molecule has 2 rings (SSSR count). The number of fused-ring (bicyclic) bond motifs is 1. The molecule has 0 N–H and O–H groups in total. The topological polar surface area (TPSA) is 29.5 Å². The molecular weight excluding hydrogens is 252 g/mol. The molecule has 1 heterocycles. The highest BCUT2D eigenvalue weighted by molar-refractivity contribution is 6.29. The molecule has 1 aromatic rings. The van der Waals surface area contributed by atoms with Crippen molar-refractivity contribution in [2.75, 3.05) is 17.4 Å². The molecule has 0 saturated carbocycles. The van der Waals surface area contributed by atoms with E-state index in [-0.39, 0.29) is 35.9 Å². The number of halogens is 3. The van der Waals surface area contributed by atoms with Crippen molar-refractivity contribution in [1.29, 1.82) is 0 Å². The van der Waals surface area contributed by atoms with Crippen LogP contribution in [0.3, 0.4) is 0 Å². The lowest BCUT2D eigenvalue weighted by atomic mass is 10.1. The summed E-state index contributed by atoms with van der Waals surface area (Å²) in [5.41, 5.74) is 0.216. The summed E-state index contributed by atoms with van der Waals surface area (Å²) in [6.07, 6.45) is 0. The molecule has 0 aliphatic carbocycles. The number of alkyl halides is 1. The number of nitrogens with zero attached hydrogens (tertiary/aromatic N) is 1. The molecule has 0 radical (unpaired) electrons. The average Bonchev–Trinajstić information content (AvgIpc) is 2.33. The van der Waals surface area contributed by atoms with Crippen molar-refractivity contribution < 1.29 is 18.3 Å². The van der Waals surface area contributed by atoms with E-state index in [1.165, 1.54) is 11.0 Å². The summed E-state index contributed by atoms with van der Waals surface area (Å²) >= 11 is 5.49. The van der Waals surface area contributed by atoms with Crippen molar-refractivity contribution in [3.63, 3.8) is 0 Å². The van der Waals surface area contributed by atoms with Crippen LogP contribution in [0.2, 0.25) is 0 Å². The third-order valence-corrected chi connectivity index (χ3v) is 2.81. The van der Waals surface area contributed by atoms with E-state index in [4.69, 9.17) is 16.3 Å². The minimum Gasteiger partial charge on any atom is -0.486 e. The molecule has 92 valence electrons. The Morgan fingerprint density at radius 1 is 1.59 bits per heavy atom. The van der Waals surface area contributed by atoms with Crippen LogP contribution in [-0.2, 0) is 4.79 Å². The highest BCUT2D eigenvalue weighted by Crippen LogP contribution is 2.37. The van der Waals surface area contributed by atoms with Gasteiger partial charge in [0.2, 0.25) is 11.7 Å². The lowest BCUT2D eigenvalue weighted by Crippen LogP contribution is -2.46. The maximum Gasteiger partial charge on any atom is 0.242 e. The molecule has 0 fully saturated rings. The standard InChI is InChI=1S/C11H10ClF2NO2/c1-6-5-17-11-8(15(6)9(16)4-12)3-2-7(13)10(11)14/h2-3,6H,4-5H2,1H3/t6-/m1/s1. The van der Waals surface area contributed by atoms with Crippen molar-refractivity contribution in [3.05, 3.63) is 23.8 Å². The van der Waals surface area contributed by atoms with E-state index in [9.17, 15) is 13.6 Å². The van der Waals surface area contributed by atoms with Crippen molar-refractivity contribution in [2.24, 2.45) is 0 Å². The second-order valence-corrected chi connectivity index (χ2v) is 4.03. The molecule has 17 heavy (non-hydrogen) atoms. The lowest BCUT2D eigenvalue weighted by molar-refractivity contribution is -0.117. The quantitative estimate of drug-likeness (QED) is 0.726. The van der Waals surface area contributed by atoms with Crippen LogP contribution in [0.15, 0.2) is 12.1 Å². The second kappa shape index (κ2) is 4.49. The van der Waals surface area contributed by atoms with Crippen LogP contribution in [0.5, 0.6) is 5.75 Å². The molecule has 3 nitrogen and oxygen atoms in total. The van der Waals surface area contributed by atoms with Crippen LogP contribution in [0.25, 0.3) is 0 Å². The number of rotatable bonds is 1. The zero-order valence-corrected chi connectivity index (χ0v) is 9.80. The Balaban J connectivity index is 2.52. The Hall–Kier alpha value is -1.36. The summed E-state index contributed by atoms with van der Waals surface area (Å²) in [5.74, 6) is -2.90. The molecule has 0 aromatic heterocycles. The van der Waals surface area contributed by atoms with Gasteiger partial charge in [0.25, 0.3) is 0 Å². The van der Waals surface area contributed by atoms with Gasteiger partial charge in [0.15, 0.2) is 11.6 Å². The van der Waals surface area contributed by atoms with E-state index in [1.54, 1.807) is 6.92 Å². The molecule has 0 spiro atoms. The van der Waals surface area contributed by atoms with Gasteiger partial charge in [0, 0.05) is 0 Å². The Labute approximate surface area is 102 Å².